The van der Waals surface area contributed by atoms with Gasteiger partial charge in [-0.1, -0.05) is 30.8 Å². The van der Waals surface area contributed by atoms with E-state index in [1.54, 1.807) is 11.8 Å². The van der Waals surface area contributed by atoms with Gasteiger partial charge in [-0.2, -0.15) is 0 Å². The molecule has 1 heterocycles. The normalized spacial score (nSPS) is 13.9. The first-order chi connectivity index (χ1) is 8.94. The number of rotatable bonds is 5. The molecule has 104 valence electrons. The van der Waals surface area contributed by atoms with Crippen molar-refractivity contribution < 1.29 is 0 Å². The molecule has 1 aromatic heterocycles. The van der Waals surface area contributed by atoms with Crippen LogP contribution in [0, 0.1) is 5.92 Å². The second kappa shape index (κ2) is 5.97. The van der Waals surface area contributed by atoms with Crippen LogP contribution in [0.1, 0.15) is 27.7 Å². The molecule has 2 rings (SSSR count). The highest BCUT2D eigenvalue weighted by molar-refractivity contribution is 7.99. The highest BCUT2D eigenvalue weighted by Gasteiger charge is 2.12. The largest absolute Gasteiger partial charge is 0.333 e. The van der Waals surface area contributed by atoms with Gasteiger partial charge in [-0.25, -0.2) is 4.98 Å². The maximum atomic E-state index is 4.58. The van der Waals surface area contributed by atoms with Crippen LogP contribution in [0.25, 0.3) is 11.0 Å². The number of aromatic nitrogens is 2. The molecule has 2 aromatic rings. The van der Waals surface area contributed by atoms with Gasteiger partial charge < -0.3 is 10.3 Å². The van der Waals surface area contributed by atoms with E-state index in [0.717, 1.165) is 28.5 Å². The average molecular weight is 277 g/mol. The topological polar surface area (TPSA) is 40.7 Å². The number of para-hydroxylation sites is 2. The fourth-order valence-electron chi connectivity index (χ4n) is 1.76. The fraction of sp³-hybridized carbons (Fsp3) is 0.533. The van der Waals surface area contributed by atoms with E-state index in [2.05, 4.69) is 49.0 Å². The Kier molecular flexibility index (Phi) is 4.53. The summed E-state index contributed by atoms with van der Waals surface area (Å²) in [5.41, 5.74) is 2.36. The lowest BCUT2D eigenvalue weighted by atomic mass is 10.1. The van der Waals surface area contributed by atoms with Crippen molar-refractivity contribution in [1.29, 1.82) is 0 Å². The number of hydrogen-bond acceptors (Lipinski definition) is 3. The molecule has 19 heavy (non-hydrogen) atoms. The lowest BCUT2D eigenvalue weighted by Crippen LogP contribution is -2.39. The molecule has 1 aromatic carbocycles. The second-order valence-electron chi connectivity index (χ2n) is 6.11. The standard InChI is InChI=1S/C15H23N3S/c1-11(9-16-15(2,3)4)10-19-14-17-12-7-5-6-8-13(12)18-14/h5-8,11,16H,9-10H2,1-4H3,(H,17,18). The third kappa shape index (κ3) is 4.55. The summed E-state index contributed by atoms with van der Waals surface area (Å²) in [5.74, 6) is 1.69. The summed E-state index contributed by atoms with van der Waals surface area (Å²) in [6.45, 7) is 9.91. The molecule has 0 aliphatic carbocycles. The van der Waals surface area contributed by atoms with Crippen LogP contribution < -0.4 is 5.32 Å². The summed E-state index contributed by atoms with van der Waals surface area (Å²) < 4.78 is 0. The Bertz CT molecular complexity index is 494. The number of thioether (sulfide) groups is 1. The smallest absolute Gasteiger partial charge is 0.166 e. The number of nitrogens with one attached hydrogen (secondary N) is 2. The fourth-order valence-corrected chi connectivity index (χ4v) is 2.66. The zero-order chi connectivity index (χ0) is 13.9. The van der Waals surface area contributed by atoms with Crippen molar-refractivity contribution in [1.82, 2.24) is 15.3 Å². The molecule has 2 N–H and O–H groups in total. The van der Waals surface area contributed by atoms with Crippen LogP contribution in [0.15, 0.2) is 29.4 Å². The molecule has 0 aliphatic rings. The maximum Gasteiger partial charge on any atom is 0.166 e. The monoisotopic (exact) mass is 277 g/mol. The predicted molar refractivity (Wildman–Crippen MR) is 83.7 cm³/mol. The van der Waals surface area contributed by atoms with Crippen molar-refractivity contribution in [2.75, 3.05) is 12.3 Å². The van der Waals surface area contributed by atoms with Gasteiger partial charge in [0.05, 0.1) is 11.0 Å². The van der Waals surface area contributed by atoms with Gasteiger partial charge in [0.25, 0.3) is 0 Å². The number of hydrogen-bond donors (Lipinski definition) is 2. The molecule has 3 nitrogen and oxygen atoms in total. The highest BCUT2D eigenvalue weighted by atomic mass is 32.2. The Labute approximate surface area is 119 Å². The van der Waals surface area contributed by atoms with Gasteiger partial charge in [0.15, 0.2) is 5.16 Å². The van der Waals surface area contributed by atoms with E-state index in [-0.39, 0.29) is 5.54 Å². The number of aromatic amines is 1. The van der Waals surface area contributed by atoms with Gasteiger partial charge in [-0.3, -0.25) is 0 Å². The molecule has 0 aliphatic heterocycles. The summed E-state index contributed by atoms with van der Waals surface area (Å²) in [5, 5.41) is 4.56. The summed E-state index contributed by atoms with van der Waals surface area (Å²) in [7, 11) is 0. The van der Waals surface area contributed by atoms with Crippen molar-refractivity contribution >= 4 is 22.8 Å². The SMILES string of the molecule is CC(CNC(C)(C)C)CSc1nc2ccccc2[nH]1. The molecule has 4 heteroatoms. The van der Waals surface area contributed by atoms with Crippen LogP contribution >= 0.6 is 11.8 Å². The van der Waals surface area contributed by atoms with Crippen LogP contribution in [-0.4, -0.2) is 27.8 Å². The minimum absolute atomic E-state index is 0.193. The van der Waals surface area contributed by atoms with E-state index in [1.165, 1.54) is 0 Å². The molecule has 0 fully saturated rings. The summed E-state index contributed by atoms with van der Waals surface area (Å²) in [6.07, 6.45) is 0. The lowest BCUT2D eigenvalue weighted by molar-refractivity contribution is 0.395. The number of benzene rings is 1. The lowest BCUT2D eigenvalue weighted by Gasteiger charge is -2.23. The maximum absolute atomic E-state index is 4.58. The molecule has 1 unspecified atom stereocenters. The Hall–Kier alpha value is -1.00. The van der Waals surface area contributed by atoms with E-state index < -0.39 is 0 Å². The molecule has 0 spiro atoms. The predicted octanol–water partition coefficient (Wildman–Crippen LogP) is 3.68. The van der Waals surface area contributed by atoms with Gasteiger partial charge in [0.1, 0.15) is 0 Å². The Morgan fingerprint density at radius 2 is 2.05 bits per heavy atom. The van der Waals surface area contributed by atoms with E-state index in [0.29, 0.717) is 5.92 Å². The number of imidazole rings is 1. The number of nitrogens with zero attached hydrogens (tertiary/aromatic N) is 1. The molecule has 0 bridgehead atoms. The van der Waals surface area contributed by atoms with Crippen LogP contribution in [0.3, 0.4) is 0 Å². The molecule has 0 radical (unpaired) electrons. The van der Waals surface area contributed by atoms with Crippen molar-refractivity contribution in [2.24, 2.45) is 5.92 Å². The van der Waals surface area contributed by atoms with Crippen molar-refractivity contribution in [3.05, 3.63) is 24.3 Å². The second-order valence-corrected chi connectivity index (χ2v) is 7.11. The van der Waals surface area contributed by atoms with E-state index in [1.807, 2.05) is 18.2 Å². The molecule has 1 atom stereocenters. The third-order valence-electron chi connectivity index (χ3n) is 2.85. The quantitative estimate of drug-likeness (QED) is 0.819. The van der Waals surface area contributed by atoms with Gasteiger partial charge >= 0.3 is 0 Å². The van der Waals surface area contributed by atoms with Crippen molar-refractivity contribution in [2.45, 2.75) is 38.4 Å². The Morgan fingerprint density at radius 1 is 1.32 bits per heavy atom. The van der Waals surface area contributed by atoms with Crippen LogP contribution in [0.2, 0.25) is 0 Å². The number of fused-ring (bicyclic) bond motifs is 1. The average Bonchev–Trinajstić information content (AvgIpc) is 2.75. The zero-order valence-corrected chi connectivity index (χ0v) is 13.0. The van der Waals surface area contributed by atoms with Crippen molar-refractivity contribution in [3.63, 3.8) is 0 Å². The highest BCUT2D eigenvalue weighted by Crippen LogP contribution is 2.21. The summed E-state index contributed by atoms with van der Waals surface area (Å²) >= 11 is 1.80. The van der Waals surface area contributed by atoms with Crippen LogP contribution in [0.5, 0.6) is 0 Å². The zero-order valence-electron chi connectivity index (χ0n) is 12.2. The summed E-state index contributed by atoms with van der Waals surface area (Å²) in [6, 6.07) is 8.16. The number of H-pyrrole nitrogens is 1. The van der Waals surface area contributed by atoms with E-state index in [9.17, 15) is 0 Å². The minimum Gasteiger partial charge on any atom is -0.333 e. The first-order valence-corrected chi connectivity index (χ1v) is 7.75. The van der Waals surface area contributed by atoms with Gasteiger partial charge in [0.2, 0.25) is 0 Å². The van der Waals surface area contributed by atoms with Gasteiger partial charge in [0, 0.05) is 11.3 Å². The molecule has 0 saturated heterocycles. The summed E-state index contributed by atoms with van der Waals surface area (Å²) in [4.78, 5) is 7.94. The van der Waals surface area contributed by atoms with Crippen molar-refractivity contribution in [3.8, 4) is 0 Å². The van der Waals surface area contributed by atoms with E-state index in [4.69, 9.17) is 0 Å². The Balaban J connectivity index is 1.84. The first-order valence-electron chi connectivity index (χ1n) is 6.76. The van der Waals surface area contributed by atoms with Gasteiger partial charge in [-0.15, -0.1) is 0 Å². The van der Waals surface area contributed by atoms with Crippen LogP contribution in [-0.2, 0) is 0 Å². The van der Waals surface area contributed by atoms with Gasteiger partial charge in [-0.05, 0) is 45.4 Å². The first kappa shape index (κ1) is 14.4. The molecule has 0 amide bonds. The minimum atomic E-state index is 0.193. The Morgan fingerprint density at radius 3 is 2.74 bits per heavy atom. The third-order valence-corrected chi connectivity index (χ3v) is 4.06. The van der Waals surface area contributed by atoms with Crippen LogP contribution in [0.4, 0.5) is 0 Å². The molecular weight excluding hydrogens is 254 g/mol. The molecular formula is C15H23N3S. The van der Waals surface area contributed by atoms with E-state index >= 15 is 0 Å². The molecule has 0 saturated carbocycles.